The van der Waals surface area contributed by atoms with Crippen LogP contribution in [0.25, 0.3) is 0 Å². The third-order valence-corrected chi connectivity index (χ3v) is 3.21. The van der Waals surface area contributed by atoms with Gasteiger partial charge in [0.15, 0.2) is 11.5 Å². The van der Waals surface area contributed by atoms with Gasteiger partial charge in [-0.3, -0.25) is 4.79 Å². The summed E-state index contributed by atoms with van der Waals surface area (Å²) in [5.41, 5.74) is 5.87. The van der Waals surface area contributed by atoms with E-state index < -0.39 is 5.41 Å². The van der Waals surface area contributed by atoms with Gasteiger partial charge in [-0.25, -0.2) is 0 Å². The number of Topliss-reactive ketones (excluding diaryl/α,β-unsaturated/α-hetero) is 1. The molecule has 1 atom stereocenters. The minimum Gasteiger partial charge on any atom is -0.493 e. The molecule has 0 amide bonds. The fourth-order valence-corrected chi connectivity index (χ4v) is 1.64. The Morgan fingerprint density at radius 1 is 1.29 bits per heavy atom. The molecule has 0 aromatic heterocycles. The van der Waals surface area contributed by atoms with Crippen LogP contribution in [0.4, 0.5) is 0 Å². The Kier molecular flexibility index (Phi) is 4.12. The number of ether oxygens (including phenoxy) is 2. The highest BCUT2D eigenvalue weighted by molar-refractivity contribution is 5.88. The molecule has 0 aliphatic rings. The van der Waals surface area contributed by atoms with Crippen LogP contribution in [0, 0.1) is 0 Å². The van der Waals surface area contributed by atoms with E-state index in [9.17, 15) is 4.79 Å². The van der Waals surface area contributed by atoms with E-state index in [1.54, 1.807) is 33.3 Å². The van der Waals surface area contributed by atoms with Crippen molar-refractivity contribution in [3.63, 3.8) is 0 Å². The van der Waals surface area contributed by atoms with Gasteiger partial charge >= 0.3 is 0 Å². The van der Waals surface area contributed by atoms with E-state index in [1.807, 2.05) is 13.0 Å². The highest BCUT2D eigenvalue weighted by Gasteiger charge is 2.31. The second-order valence-corrected chi connectivity index (χ2v) is 4.16. The normalized spacial score (nSPS) is 13.9. The maximum Gasteiger partial charge on any atom is 0.161 e. The number of carbonyl (C=O) groups excluding carboxylic acids is 1. The predicted octanol–water partition coefficient (Wildman–Crippen LogP) is 1.51. The lowest BCUT2D eigenvalue weighted by Crippen LogP contribution is -2.38. The lowest BCUT2D eigenvalue weighted by atomic mass is 9.79. The number of carbonyl (C=O) groups is 1. The second kappa shape index (κ2) is 5.19. The third kappa shape index (κ3) is 2.42. The van der Waals surface area contributed by atoms with Gasteiger partial charge in [-0.2, -0.15) is 0 Å². The van der Waals surface area contributed by atoms with Gasteiger partial charge in [-0.05, 0) is 31.5 Å². The highest BCUT2D eigenvalue weighted by Crippen LogP contribution is 2.33. The molecule has 0 aliphatic carbocycles. The molecule has 1 aromatic rings. The summed E-state index contributed by atoms with van der Waals surface area (Å²) in [7, 11) is 3.14. The minimum absolute atomic E-state index is 0.0345. The summed E-state index contributed by atoms with van der Waals surface area (Å²) >= 11 is 0. The summed E-state index contributed by atoms with van der Waals surface area (Å²) < 4.78 is 10.4. The zero-order chi connectivity index (χ0) is 13.1. The maximum absolute atomic E-state index is 11.7. The van der Waals surface area contributed by atoms with Crippen molar-refractivity contribution in [1.82, 2.24) is 0 Å². The summed E-state index contributed by atoms with van der Waals surface area (Å²) in [6.45, 7) is 3.64. The first-order valence-electron chi connectivity index (χ1n) is 5.43. The molecule has 0 saturated carbocycles. The fourth-order valence-electron chi connectivity index (χ4n) is 1.64. The van der Waals surface area contributed by atoms with Crippen molar-refractivity contribution in [3.8, 4) is 11.5 Å². The van der Waals surface area contributed by atoms with Crippen LogP contribution in [0.1, 0.15) is 19.4 Å². The number of hydrogen-bond donors (Lipinski definition) is 1. The van der Waals surface area contributed by atoms with E-state index >= 15 is 0 Å². The molecule has 1 rings (SSSR count). The van der Waals surface area contributed by atoms with Crippen molar-refractivity contribution < 1.29 is 14.3 Å². The first-order valence-corrected chi connectivity index (χ1v) is 5.43. The van der Waals surface area contributed by atoms with Gasteiger partial charge in [0.25, 0.3) is 0 Å². The van der Waals surface area contributed by atoms with Crippen molar-refractivity contribution in [2.24, 2.45) is 5.73 Å². The van der Waals surface area contributed by atoms with Gasteiger partial charge in [-0.15, -0.1) is 0 Å². The van der Waals surface area contributed by atoms with Crippen molar-refractivity contribution in [1.29, 1.82) is 0 Å². The number of rotatable bonds is 5. The van der Waals surface area contributed by atoms with Gasteiger partial charge in [0.1, 0.15) is 5.78 Å². The number of benzene rings is 1. The molecule has 0 saturated heterocycles. The van der Waals surface area contributed by atoms with E-state index in [-0.39, 0.29) is 12.3 Å². The Balaban J connectivity index is 3.27. The lowest BCUT2D eigenvalue weighted by molar-refractivity contribution is -0.121. The van der Waals surface area contributed by atoms with Crippen LogP contribution in [0.15, 0.2) is 18.2 Å². The van der Waals surface area contributed by atoms with Crippen molar-refractivity contribution in [2.45, 2.75) is 19.3 Å². The monoisotopic (exact) mass is 237 g/mol. The largest absolute Gasteiger partial charge is 0.493 e. The van der Waals surface area contributed by atoms with Gasteiger partial charge in [0.05, 0.1) is 19.6 Å². The molecule has 0 bridgehead atoms. The van der Waals surface area contributed by atoms with Crippen LogP contribution in [0.5, 0.6) is 11.5 Å². The Bertz CT molecular complexity index is 417. The SMILES string of the molecule is COc1ccc(C(C)(CN)C(C)=O)cc1OC. The standard InChI is InChI=1S/C13H19NO3/c1-9(15)13(2,8-14)10-5-6-11(16-3)12(7-10)17-4/h5-7H,8,14H2,1-4H3. The molecule has 4 nitrogen and oxygen atoms in total. The lowest BCUT2D eigenvalue weighted by Gasteiger charge is -2.26. The second-order valence-electron chi connectivity index (χ2n) is 4.16. The molecule has 0 heterocycles. The molecule has 0 radical (unpaired) electrons. The Labute approximate surface area is 102 Å². The molecule has 94 valence electrons. The summed E-state index contributed by atoms with van der Waals surface area (Å²) in [6.07, 6.45) is 0. The van der Waals surface area contributed by atoms with E-state index in [0.29, 0.717) is 11.5 Å². The minimum atomic E-state index is -0.681. The quantitative estimate of drug-likeness (QED) is 0.843. The molecular formula is C13H19NO3. The average Bonchev–Trinajstić information content (AvgIpc) is 2.36. The van der Waals surface area contributed by atoms with E-state index in [0.717, 1.165) is 5.56 Å². The zero-order valence-electron chi connectivity index (χ0n) is 10.7. The predicted molar refractivity (Wildman–Crippen MR) is 66.6 cm³/mol. The number of methoxy groups -OCH3 is 2. The van der Waals surface area contributed by atoms with Crippen molar-refractivity contribution in [2.75, 3.05) is 20.8 Å². The molecule has 0 fully saturated rings. The zero-order valence-corrected chi connectivity index (χ0v) is 10.7. The summed E-state index contributed by atoms with van der Waals surface area (Å²) in [5.74, 6) is 1.28. The summed E-state index contributed by atoms with van der Waals surface area (Å²) in [5, 5.41) is 0. The molecule has 4 heteroatoms. The molecular weight excluding hydrogens is 218 g/mol. The number of hydrogen-bond acceptors (Lipinski definition) is 4. The maximum atomic E-state index is 11.7. The smallest absolute Gasteiger partial charge is 0.161 e. The molecule has 1 unspecified atom stereocenters. The van der Waals surface area contributed by atoms with Crippen molar-refractivity contribution in [3.05, 3.63) is 23.8 Å². The van der Waals surface area contributed by atoms with Crippen LogP contribution in [-0.2, 0) is 10.2 Å². The van der Waals surface area contributed by atoms with E-state index in [1.165, 1.54) is 0 Å². The molecule has 0 aliphatic heterocycles. The Hall–Kier alpha value is -1.55. The van der Waals surface area contributed by atoms with E-state index in [2.05, 4.69) is 0 Å². The summed E-state index contributed by atoms with van der Waals surface area (Å²) in [6, 6.07) is 5.42. The third-order valence-electron chi connectivity index (χ3n) is 3.21. The fraction of sp³-hybridized carbons (Fsp3) is 0.462. The average molecular weight is 237 g/mol. The van der Waals surface area contributed by atoms with Crippen molar-refractivity contribution >= 4 is 5.78 Å². The van der Waals surface area contributed by atoms with E-state index in [4.69, 9.17) is 15.2 Å². The van der Waals surface area contributed by atoms with Crippen LogP contribution < -0.4 is 15.2 Å². The number of ketones is 1. The van der Waals surface area contributed by atoms with Crippen LogP contribution in [-0.4, -0.2) is 26.5 Å². The first-order chi connectivity index (χ1) is 7.99. The summed E-state index contributed by atoms with van der Waals surface area (Å²) in [4.78, 5) is 11.7. The Morgan fingerprint density at radius 3 is 2.29 bits per heavy atom. The Morgan fingerprint density at radius 2 is 1.88 bits per heavy atom. The first kappa shape index (κ1) is 13.5. The topological polar surface area (TPSA) is 61.5 Å². The van der Waals surface area contributed by atoms with Gasteiger partial charge < -0.3 is 15.2 Å². The van der Waals surface area contributed by atoms with Crippen LogP contribution in [0.2, 0.25) is 0 Å². The number of nitrogens with two attached hydrogens (primary N) is 1. The molecule has 17 heavy (non-hydrogen) atoms. The van der Waals surface area contributed by atoms with Gasteiger partial charge in [0, 0.05) is 6.54 Å². The van der Waals surface area contributed by atoms with Gasteiger partial charge in [0.2, 0.25) is 0 Å². The molecule has 2 N–H and O–H groups in total. The van der Waals surface area contributed by atoms with Crippen LogP contribution in [0.3, 0.4) is 0 Å². The highest BCUT2D eigenvalue weighted by atomic mass is 16.5. The van der Waals surface area contributed by atoms with Crippen LogP contribution >= 0.6 is 0 Å². The molecule has 1 aromatic carbocycles. The van der Waals surface area contributed by atoms with Gasteiger partial charge in [-0.1, -0.05) is 6.07 Å². The molecule has 0 spiro atoms.